The molecule has 7 heteroatoms. The van der Waals surface area contributed by atoms with E-state index >= 15 is 0 Å². The molecular weight excluding hydrogens is 386 g/mol. The highest BCUT2D eigenvalue weighted by atomic mass is 32.1. The first kappa shape index (κ1) is 18.4. The average molecular weight is 410 g/mol. The molecule has 1 aliphatic carbocycles. The van der Waals surface area contributed by atoms with Gasteiger partial charge < -0.3 is 10.2 Å². The van der Waals surface area contributed by atoms with Gasteiger partial charge in [-0.1, -0.05) is 30.3 Å². The third-order valence-corrected chi connectivity index (χ3v) is 7.56. The molecule has 3 heterocycles. The van der Waals surface area contributed by atoms with Gasteiger partial charge in [0.05, 0.1) is 6.04 Å². The summed E-state index contributed by atoms with van der Waals surface area (Å²) >= 11 is 1.76. The zero-order valence-electron chi connectivity index (χ0n) is 16.0. The molecule has 150 valence electrons. The Morgan fingerprint density at radius 3 is 2.55 bits per heavy atom. The van der Waals surface area contributed by atoms with Crippen LogP contribution in [0.4, 0.5) is 4.79 Å². The maximum atomic E-state index is 13.6. The maximum absolute atomic E-state index is 13.6. The molecule has 5 rings (SSSR count). The van der Waals surface area contributed by atoms with Crippen LogP contribution in [0.5, 0.6) is 0 Å². The molecule has 1 saturated heterocycles. The number of thiophene rings is 1. The lowest BCUT2D eigenvalue weighted by Crippen LogP contribution is -2.52. The first-order valence-corrected chi connectivity index (χ1v) is 11.0. The van der Waals surface area contributed by atoms with Crippen molar-refractivity contribution in [2.24, 2.45) is 5.92 Å². The van der Waals surface area contributed by atoms with Gasteiger partial charge in [0.15, 0.2) is 0 Å². The number of carbonyl (C=O) groups is 3. The predicted molar refractivity (Wildman–Crippen MR) is 109 cm³/mol. The molecule has 29 heavy (non-hydrogen) atoms. The summed E-state index contributed by atoms with van der Waals surface area (Å²) in [7, 11) is 0. The number of carbonyl (C=O) groups excluding carboxylic acids is 3. The summed E-state index contributed by atoms with van der Waals surface area (Å²) in [6, 6.07) is 11.9. The van der Waals surface area contributed by atoms with Crippen molar-refractivity contribution in [1.82, 2.24) is 15.5 Å². The second-order valence-electron chi connectivity index (χ2n) is 8.16. The fourth-order valence-corrected chi connectivity index (χ4v) is 5.92. The number of nitrogens with one attached hydrogen (secondary N) is 2. The van der Waals surface area contributed by atoms with Gasteiger partial charge in [0.25, 0.3) is 5.91 Å². The predicted octanol–water partition coefficient (Wildman–Crippen LogP) is 2.99. The SMILES string of the molecule is O=C1NC(=O)C2(CCC(C(=O)N3CCc4sccc4C3c3ccccc3)CC2)N1. The topological polar surface area (TPSA) is 78.5 Å². The second kappa shape index (κ2) is 6.99. The normalized spacial score (nSPS) is 28.8. The van der Waals surface area contributed by atoms with Gasteiger partial charge in [-0.25, -0.2) is 4.79 Å². The van der Waals surface area contributed by atoms with Crippen molar-refractivity contribution in [3.63, 3.8) is 0 Å². The standard InChI is InChI=1S/C22H23N3O3S/c26-19(15-6-10-22(11-7-15)20(27)23-21(28)24-22)25-12-8-17-16(9-13-29-17)18(25)14-4-2-1-3-5-14/h1-5,9,13,15,18H,6-8,10-12H2,(H2,23,24,27,28). The molecule has 0 bridgehead atoms. The molecule has 1 saturated carbocycles. The summed E-state index contributed by atoms with van der Waals surface area (Å²) in [5, 5.41) is 7.23. The van der Waals surface area contributed by atoms with Crippen molar-refractivity contribution in [2.75, 3.05) is 6.54 Å². The molecular formula is C22H23N3O3S. The van der Waals surface area contributed by atoms with E-state index in [0.717, 1.165) is 12.0 Å². The Balaban J connectivity index is 1.38. The minimum atomic E-state index is -0.824. The van der Waals surface area contributed by atoms with Gasteiger partial charge in [-0.05, 0) is 54.7 Å². The van der Waals surface area contributed by atoms with E-state index in [-0.39, 0.29) is 23.8 Å². The number of urea groups is 1. The van der Waals surface area contributed by atoms with Gasteiger partial charge in [-0.15, -0.1) is 11.3 Å². The summed E-state index contributed by atoms with van der Waals surface area (Å²) in [6.45, 7) is 0.713. The van der Waals surface area contributed by atoms with Crippen LogP contribution in [-0.4, -0.2) is 34.8 Å². The minimum absolute atomic E-state index is 0.0518. The molecule has 1 unspecified atom stereocenters. The first-order chi connectivity index (χ1) is 14.1. The summed E-state index contributed by atoms with van der Waals surface area (Å²) in [5.41, 5.74) is 1.54. The molecule has 0 radical (unpaired) electrons. The molecule has 2 N–H and O–H groups in total. The smallest absolute Gasteiger partial charge is 0.322 e. The Labute approximate surface area is 173 Å². The van der Waals surface area contributed by atoms with E-state index in [1.54, 1.807) is 11.3 Å². The van der Waals surface area contributed by atoms with Crippen LogP contribution in [0.15, 0.2) is 41.8 Å². The largest absolute Gasteiger partial charge is 0.331 e. The number of hydrogen-bond acceptors (Lipinski definition) is 4. The van der Waals surface area contributed by atoms with Crippen LogP contribution in [-0.2, 0) is 16.0 Å². The number of amides is 4. The van der Waals surface area contributed by atoms with E-state index in [4.69, 9.17) is 0 Å². The minimum Gasteiger partial charge on any atom is -0.331 e. The number of benzene rings is 1. The lowest BCUT2D eigenvalue weighted by molar-refractivity contribution is -0.140. The van der Waals surface area contributed by atoms with Crippen molar-refractivity contribution in [2.45, 2.75) is 43.7 Å². The summed E-state index contributed by atoms with van der Waals surface area (Å²) in [6.07, 6.45) is 3.13. The van der Waals surface area contributed by atoms with Crippen LogP contribution in [0.1, 0.15) is 47.7 Å². The quantitative estimate of drug-likeness (QED) is 0.749. The van der Waals surface area contributed by atoms with E-state index < -0.39 is 11.6 Å². The van der Waals surface area contributed by atoms with Crippen molar-refractivity contribution in [3.8, 4) is 0 Å². The summed E-state index contributed by atoms with van der Waals surface area (Å²) in [5.74, 6) is -0.205. The maximum Gasteiger partial charge on any atom is 0.322 e. The van der Waals surface area contributed by atoms with E-state index in [0.29, 0.717) is 32.2 Å². The fraction of sp³-hybridized carbons (Fsp3) is 0.409. The molecule has 2 aliphatic heterocycles. The zero-order valence-corrected chi connectivity index (χ0v) is 16.8. The van der Waals surface area contributed by atoms with Crippen LogP contribution in [0.3, 0.4) is 0 Å². The lowest BCUT2D eigenvalue weighted by Gasteiger charge is -2.41. The Hall–Kier alpha value is -2.67. The highest BCUT2D eigenvalue weighted by molar-refractivity contribution is 7.10. The molecule has 2 aromatic rings. The van der Waals surface area contributed by atoms with Crippen LogP contribution in [0.2, 0.25) is 0 Å². The van der Waals surface area contributed by atoms with Crippen LogP contribution >= 0.6 is 11.3 Å². The lowest BCUT2D eigenvalue weighted by atomic mass is 9.75. The molecule has 4 amide bonds. The van der Waals surface area contributed by atoms with E-state index in [1.807, 2.05) is 23.1 Å². The van der Waals surface area contributed by atoms with Gasteiger partial charge in [0.1, 0.15) is 5.54 Å². The number of rotatable bonds is 2. The third kappa shape index (κ3) is 3.04. The first-order valence-electron chi connectivity index (χ1n) is 10.1. The summed E-state index contributed by atoms with van der Waals surface area (Å²) < 4.78 is 0. The van der Waals surface area contributed by atoms with Gasteiger partial charge in [0, 0.05) is 17.3 Å². The molecule has 6 nitrogen and oxygen atoms in total. The molecule has 2 fully saturated rings. The van der Waals surface area contributed by atoms with Crippen LogP contribution < -0.4 is 10.6 Å². The number of nitrogens with zero attached hydrogens (tertiary/aromatic N) is 1. The second-order valence-corrected chi connectivity index (χ2v) is 9.16. The van der Waals surface area contributed by atoms with Gasteiger partial charge >= 0.3 is 6.03 Å². The van der Waals surface area contributed by atoms with E-state index in [2.05, 4.69) is 34.2 Å². The molecule has 1 spiro atoms. The average Bonchev–Trinajstić information content (AvgIpc) is 3.32. The Kier molecular flexibility index (Phi) is 4.42. The van der Waals surface area contributed by atoms with Crippen molar-refractivity contribution < 1.29 is 14.4 Å². The number of imide groups is 1. The van der Waals surface area contributed by atoms with E-state index in [9.17, 15) is 14.4 Å². The Morgan fingerprint density at radius 1 is 1.10 bits per heavy atom. The molecule has 3 aliphatic rings. The van der Waals surface area contributed by atoms with Gasteiger partial charge in [-0.3, -0.25) is 14.9 Å². The Morgan fingerprint density at radius 2 is 1.86 bits per heavy atom. The number of fused-ring (bicyclic) bond motifs is 1. The Bertz CT molecular complexity index is 963. The zero-order chi connectivity index (χ0) is 20.0. The highest BCUT2D eigenvalue weighted by Crippen LogP contribution is 2.41. The van der Waals surface area contributed by atoms with Crippen LogP contribution in [0, 0.1) is 5.92 Å². The number of hydrogen-bond donors (Lipinski definition) is 2. The highest BCUT2D eigenvalue weighted by Gasteiger charge is 2.49. The van der Waals surface area contributed by atoms with E-state index in [1.165, 1.54) is 10.4 Å². The molecule has 1 aromatic carbocycles. The molecule has 1 aromatic heterocycles. The fourth-order valence-electron chi connectivity index (χ4n) is 5.02. The van der Waals surface area contributed by atoms with Crippen molar-refractivity contribution in [3.05, 3.63) is 57.8 Å². The molecule has 1 atom stereocenters. The van der Waals surface area contributed by atoms with Crippen molar-refractivity contribution in [1.29, 1.82) is 0 Å². The van der Waals surface area contributed by atoms with Gasteiger partial charge in [0.2, 0.25) is 5.91 Å². The third-order valence-electron chi connectivity index (χ3n) is 6.57. The van der Waals surface area contributed by atoms with Gasteiger partial charge in [-0.2, -0.15) is 0 Å². The monoisotopic (exact) mass is 409 g/mol. The van der Waals surface area contributed by atoms with Crippen LogP contribution in [0.25, 0.3) is 0 Å². The van der Waals surface area contributed by atoms with Crippen molar-refractivity contribution >= 4 is 29.2 Å². The summed E-state index contributed by atoms with van der Waals surface area (Å²) in [4.78, 5) is 40.7.